The smallest absolute Gasteiger partial charge is 0.230 e. The lowest BCUT2D eigenvalue weighted by Gasteiger charge is -2.29. The Kier molecular flexibility index (Phi) is 5.32. The molecule has 1 fully saturated rings. The summed E-state index contributed by atoms with van der Waals surface area (Å²) in [6, 6.07) is 8.72. The lowest BCUT2D eigenvalue weighted by molar-refractivity contribution is -0.119. The number of benzene rings is 1. The third-order valence-corrected chi connectivity index (χ3v) is 4.86. The number of carbonyl (C=O) groups excluding carboxylic acids is 1. The SMILES string of the molecule is Cc1ccc(SCC(=O)NC2CCCCC2C)cc1. The molecule has 104 valence electrons. The number of nitrogens with one attached hydrogen (secondary N) is 1. The second-order valence-electron chi connectivity index (χ2n) is 5.54. The van der Waals surface area contributed by atoms with Gasteiger partial charge in [0.05, 0.1) is 5.75 Å². The maximum atomic E-state index is 12.0. The standard InChI is InChI=1S/C16H23NOS/c1-12-7-9-14(10-8-12)19-11-16(18)17-15-6-4-3-5-13(15)2/h7-10,13,15H,3-6,11H2,1-2H3,(H,17,18). The van der Waals surface area contributed by atoms with Crippen LogP contribution in [0.5, 0.6) is 0 Å². The minimum atomic E-state index is 0.171. The largest absolute Gasteiger partial charge is 0.352 e. The summed E-state index contributed by atoms with van der Waals surface area (Å²) in [6.45, 7) is 4.32. The summed E-state index contributed by atoms with van der Waals surface area (Å²) in [5, 5.41) is 3.19. The number of thioether (sulfide) groups is 1. The molecule has 1 aliphatic carbocycles. The molecule has 2 rings (SSSR count). The highest BCUT2D eigenvalue weighted by Gasteiger charge is 2.22. The first kappa shape index (κ1) is 14.4. The second-order valence-corrected chi connectivity index (χ2v) is 6.59. The van der Waals surface area contributed by atoms with E-state index < -0.39 is 0 Å². The molecule has 2 nitrogen and oxygen atoms in total. The van der Waals surface area contributed by atoms with Crippen LogP contribution in [0.2, 0.25) is 0 Å². The van der Waals surface area contributed by atoms with Crippen molar-refractivity contribution in [2.45, 2.75) is 50.5 Å². The Labute approximate surface area is 120 Å². The van der Waals surface area contributed by atoms with Crippen LogP contribution in [0, 0.1) is 12.8 Å². The van der Waals surface area contributed by atoms with Crippen LogP contribution in [-0.4, -0.2) is 17.7 Å². The quantitative estimate of drug-likeness (QED) is 0.849. The van der Waals surface area contributed by atoms with Gasteiger partial charge in [0.1, 0.15) is 0 Å². The van der Waals surface area contributed by atoms with Gasteiger partial charge >= 0.3 is 0 Å². The molecule has 0 aliphatic heterocycles. The zero-order valence-electron chi connectivity index (χ0n) is 11.8. The molecule has 2 unspecified atom stereocenters. The molecule has 0 radical (unpaired) electrons. The highest BCUT2D eigenvalue weighted by molar-refractivity contribution is 8.00. The van der Waals surface area contributed by atoms with E-state index in [1.807, 2.05) is 0 Å². The molecular formula is C16H23NOS. The van der Waals surface area contributed by atoms with E-state index in [-0.39, 0.29) is 5.91 Å². The van der Waals surface area contributed by atoms with Crippen molar-refractivity contribution in [3.63, 3.8) is 0 Å². The van der Waals surface area contributed by atoms with Crippen LogP contribution in [0.25, 0.3) is 0 Å². The first-order valence-electron chi connectivity index (χ1n) is 7.14. The van der Waals surface area contributed by atoms with Crippen molar-refractivity contribution in [3.8, 4) is 0 Å². The van der Waals surface area contributed by atoms with Gasteiger partial charge < -0.3 is 5.32 Å². The normalized spacial score (nSPS) is 23.1. The van der Waals surface area contributed by atoms with Crippen molar-refractivity contribution in [1.29, 1.82) is 0 Å². The number of amides is 1. The van der Waals surface area contributed by atoms with Crippen molar-refractivity contribution in [2.24, 2.45) is 5.92 Å². The third-order valence-electron chi connectivity index (χ3n) is 3.85. The third kappa shape index (κ3) is 4.57. The van der Waals surface area contributed by atoms with Gasteiger partial charge in [-0.15, -0.1) is 11.8 Å². The Morgan fingerprint density at radius 1 is 1.26 bits per heavy atom. The topological polar surface area (TPSA) is 29.1 Å². The van der Waals surface area contributed by atoms with Crippen molar-refractivity contribution in [1.82, 2.24) is 5.32 Å². The first-order valence-corrected chi connectivity index (χ1v) is 8.12. The Bertz CT molecular complexity index is 415. The number of aryl methyl sites for hydroxylation is 1. The molecule has 0 spiro atoms. The summed E-state index contributed by atoms with van der Waals surface area (Å²) in [7, 11) is 0. The zero-order chi connectivity index (χ0) is 13.7. The summed E-state index contributed by atoms with van der Waals surface area (Å²) >= 11 is 1.61. The first-order chi connectivity index (χ1) is 9.15. The molecule has 2 atom stereocenters. The Hall–Kier alpha value is -0.960. The summed E-state index contributed by atoms with van der Waals surface area (Å²) in [5.41, 5.74) is 1.25. The summed E-state index contributed by atoms with van der Waals surface area (Å²) in [4.78, 5) is 13.1. The molecule has 0 saturated heterocycles. The highest BCUT2D eigenvalue weighted by Crippen LogP contribution is 2.24. The number of rotatable bonds is 4. The van der Waals surface area contributed by atoms with Gasteiger partial charge in [0, 0.05) is 10.9 Å². The fourth-order valence-electron chi connectivity index (χ4n) is 2.56. The average Bonchev–Trinajstić information content (AvgIpc) is 2.41. The molecule has 1 aliphatic rings. The molecule has 1 saturated carbocycles. The maximum absolute atomic E-state index is 12.0. The van der Waals surface area contributed by atoms with E-state index in [0.29, 0.717) is 17.7 Å². The predicted molar refractivity (Wildman–Crippen MR) is 81.5 cm³/mol. The van der Waals surface area contributed by atoms with E-state index in [4.69, 9.17) is 0 Å². The molecule has 1 aromatic rings. The molecule has 1 N–H and O–H groups in total. The highest BCUT2D eigenvalue weighted by atomic mass is 32.2. The van der Waals surface area contributed by atoms with Crippen molar-refractivity contribution < 1.29 is 4.79 Å². The Balaban J connectivity index is 1.76. The van der Waals surface area contributed by atoms with E-state index in [9.17, 15) is 4.79 Å². The van der Waals surface area contributed by atoms with E-state index in [1.54, 1.807) is 11.8 Å². The van der Waals surface area contributed by atoms with Crippen LogP contribution in [0.3, 0.4) is 0 Å². The van der Waals surface area contributed by atoms with Gasteiger partial charge in [-0.2, -0.15) is 0 Å². The number of carbonyl (C=O) groups is 1. The van der Waals surface area contributed by atoms with Crippen LogP contribution < -0.4 is 5.32 Å². The summed E-state index contributed by atoms with van der Waals surface area (Å²) < 4.78 is 0. The van der Waals surface area contributed by atoms with E-state index in [1.165, 1.54) is 24.8 Å². The fraction of sp³-hybridized carbons (Fsp3) is 0.562. The maximum Gasteiger partial charge on any atom is 0.230 e. The lowest BCUT2D eigenvalue weighted by atomic mass is 9.86. The van der Waals surface area contributed by atoms with Crippen molar-refractivity contribution in [3.05, 3.63) is 29.8 Å². The number of hydrogen-bond donors (Lipinski definition) is 1. The molecule has 1 amide bonds. The van der Waals surface area contributed by atoms with Crippen molar-refractivity contribution >= 4 is 17.7 Å². The monoisotopic (exact) mass is 277 g/mol. The molecule has 0 aromatic heterocycles. The molecule has 19 heavy (non-hydrogen) atoms. The van der Waals surface area contributed by atoms with Gasteiger partial charge in [0.25, 0.3) is 0 Å². The van der Waals surface area contributed by atoms with Crippen LogP contribution in [0.15, 0.2) is 29.2 Å². The number of hydrogen-bond acceptors (Lipinski definition) is 2. The van der Waals surface area contributed by atoms with E-state index >= 15 is 0 Å². The van der Waals surface area contributed by atoms with Gasteiger partial charge in [0.2, 0.25) is 5.91 Å². The summed E-state index contributed by atoms with van der Waals surface area (Å²) in [5.74, 6) is 1.32. The zero-order valence-corrected chi connectivity index (χ0v) is 12.6. The van der Waals surface area contributed by atoms with E-state index in [2.05, 4.69) is 43.4 Å². The molecule has 3 heteroatoms. The predicted octanol–water partition coefficient (Wildman–Crippen LogP) is 3.78. The minimum absolute atomic E-state index is 0.171. The average molecular weight is 277 g/mol. The van der Waals surface area contributed by atoms with Crippen LogP contribution in [-0.2, 0) is 4.79 Å². The lowest BCUT2D eigenvalue weighted by Crippen LogP contribution is -2.41. The van der Waals surface area contributed by atoms with Crippen molar-refractivity contribution in [2.75, 3.05) is 5.75 Å². The van der Waals surface area contributed by atoms with Gasteiger partial charge in [-0.25, -0.2) is 0 Å². The molecule has 0 bridgehead atoms. The van der Waals surface area contributed by atoms with Crippen LogP contribution in [0.4, 0.5) is 0 Å². The van der Waals surface area contributed by atoms with Gasteiger partial charge in [-0.3, -0.25) is 4.79 Å². The van der Waals surface area contributed by atoms with Crippen LogP contribution in [0.1, 0.15) is 38.2 Å². The van der Waals surface area contributed by atoms with Gasteiger partial charge in [0.15, 0.2) is 0 Å². The summed E-state index contributed by atoms with van der Waals surface area (Å²) in [6.07, 6.45) is 4.95. The second kappa shape index (κ2) is 6.99. The minimum Gasteiger partial charge on any atom is -0.352 e. The van der Waals surface area contributed by atoms with Gasteiger partial charge in [-0.1, -0.05) is 37.5 Å². The Morgan fingerprint density at radius 3 is 2.63 bits per heavy atom. The Morgan fingerprint density at radius 2 is 1.95 bits per heavy atom. The molecular weight excluding hydrogens is 254 g/mol. The van der Waals surface area contributed by atoms with Gasteiger partial charge in [-0.05, 0) is 37.8 Å². The van der Waals surface area contributed by atoms with E-state index in [0.717, 1.165) is 11.3 Å². The fourth-order valence-corrected chi connectivity index (χ4v) is 3.27. The molecule has 1 aromatic carbocycles. The molecule has 0 heterocycles. The van der Waals surface area contributed by atoms with Crippen LogP contribution >= 0.6 is 11.8 Å².